The van der Waals surface area contributed by atoms with Gasteiger partial charge in [0.15, 0.2) is 0 Å². The summed E-state index contributed by atoms with van der Waals surface area (Å²) in [5, 5.41) is 11.7. The highest BCUT2D eigenvalue weighted by atomic mass is 16.5. The van der Waals surface area contributed by atoms with E-state index in [2.05, 4.69) is 0 Å². The molecule has 2 fully saturated rings. The van der Waals surface area contributed by atoms with E-state index in [0.717, 1.165) is 40.5 Å². The van der Waals surface area contributed by atoms with Crippen LogP contribution in [0, 0.1) is 11.3 Å². The van der Waals surface area contributed by atoms with Crippen LogP contribution in [0.3, 0.4) is 0 Å². The molecule has 2 aromatic rings. The number of benzene rings is 2. The van der Waals surface area contributed by atoms with Gasteiger partial charge in [0.2, 0.25) is 11.8 Å². The van der Waals surface area contributed by atoms with Crippen LogP contribution in [0.15, 0.2) is 48.5 Å². The van der Waals surface area contributed by atoms with Crippen LogP contribution in [-0.4, -0.2) is 41.2 Å². The first-order chi connectivity index (χ1) is 15.0. The highest BCUT2D eigenvalue weighted by molar-refractivity contribution is 6.01. The molecule has 1 aliphatic carbocycles. The Balaban J connectivity index is 1.32. The Morgan fingerprint density at radius 2 is 1.94 bits per heavy atom. The first-order valence-corrected chi connectivity index (χ1v) is 10.8. The van der Waals surface area contributed by atoms with Gasteiger partial charge in [0, 0.05) is 18.8 Å². The zero-order chi connectivity index (χ0) is 21.6. The molecule has 0 aromatic heterocycles. The second-order valence-electron chi connectivity index (χ2n) is 9.06. The number of piperidine rings is 1. The number of fused-ring (bicyclic) bond motifs is 1. The minimum atomic E-state index is -0.927. The standard InChI is InChI=1S/C24H27N3O4/c25-22(28)19-13-24(9-10-24)15-27(30)21(19)23(29)26-11-8-17-12-18(6-7-20(17)26)31-14-16-4-2-1-3-5-16/h1-7,12,19,21,30H,8-11,13-15H2,(H2,25,28)/t19-,21-/m0/s1. The topological polar surface area (TPSA) is 96.1 Å². The lowest BCUT2D eigenvalue weighted by Crippen LogP contribution is -2.59. The van der Waals surface area contributed by atoms with Crippen LogP contribution in [0.1, 0.15) is 30.4 Å². The molecular weight excluding hydrogens is 394 g/mol. The highest BCUT2D eigenvalue weighted by Gasteiger charge is 2.56. The summed E-state index contributed by atoms with van der Waals surface area (Å²) in [4.78, 5) is 27.2. The summed E-state index contributed by atoms with van der Waals surface area (Å²) in [6.07, 6.45) is 3.20. The first-order valence-electron chi connectivity index (χ1n) is 10.8. The lowest BCUT2D eigenvalue weighted by atomic mass is 9.81. The Bertz CT molecular complexity index is 1010. The van der Waals surface area contributed by atoms with E-state index in [1.807, 2.05) is 48.5 Å². The largest absolute Gasteiger partial charge is 0.489 e. The summed E-state index contributed by atoms with van der Waals surface area (Å²) in [5.74, 6) is -0.707. The third-order valence-electron chi connectivity index (χ3n) is 6.89. The second-order valence-corrected chi connectivity index (χ2v) is 9.06. The van der Waals surface area contributed by atoms with Gasteiger partial charge in [-0.3, -0.25) is 9.59 Å². The Kier molecular flexibility index (Phi) is 4.95. The van der Waals surface area contributed by atoms with E-state index in [9.17, 15) is 14.8 Å². The normalized spacial score (nSPS) is 24.1. The van der Waals surface area contributed by atoms with Gasteiger partial charge in [0.25, 0.3) is 0 Å². The number of amides is 2. The summed E-state index contributed by atoms with van der Waals surface area (Å²) in [7, 11) is 0. The number of hydroxylamine groups is 2. The van der Waals surface area contributed by atoms with Gasteiger partial charge in [0.1, 0.15) is 18.4 Å². The van der Waals surface area contributed by atoms with Gasteiger partial charge in [-0.25, -0.2) is 0 Å². The Labute approximate surface area is 181 Å². The van der Waals surface area contributed by atoms with Crippen molar-refractivity contribution >= 4 is 17.5 Å². The number of primary amides is 1. The van der Waals surface area contributed by atoms with E-state index in [1.54, 1.807) is 4.90 Å². The van der Waals surface area contributed by atoms with Crippen molar-refractivity contribution in [2.24, 2.45) is 17.1 Å². The van der Waals surface area contributed by atoms with Gasteiger partial charge in [-0.15, -0.1) is 0 Å². The van der Waals surface area contributed by atoms with E-state index in [4.69, 9.17) is 10.5 Å². The van der Waals surface area contributed by atoms with Crippen molar-refractivity contribution in [3.63, 3.8) is 0 Å². The van der Waals surface area contributed by atoms with Crippen LogP contribution in [0.5, 0.6) is 5.75 Å². The molecular formula is C24H27N3O4. The molecule has 1 saturated heterocycles. The molecule has 3 aliphatic rings. The van der Waals surface area contributed by atoms with E-state index >= 15 is 0 Å². The molecule has 162 valence electrons. The number of carbonyl (C=O) groups excluding carboxylic acids is 2. The average Bonchev–Trinajstić information content (AvgIpc) is 3.36. The Morgan fingerprint density at radius 1 is 1.16 bits per heavy atom. The molecule has 0 bridgehead atoms. The van der Waals surface area contributed by atoms with E-state index < -0.39 is 17.9 Å². The van der Waals surface area contributed by atoms with E-state index in [1.165, 1.54) is 0 Å². The molecule has 7 heteroatoms. The highest BCUT2D eigenvalue weighted by Crippen LogP contribution is 2.54. The maximum atomic E-state index is 13.4. The molecule has 0 radical (unpaired) electrons. The van der Waals surface area contributed by atoms with Crippen molar-refractivity contribution in [1.29, 1.82) is 0 Å². The number of nitrogens with zero attached hydrogens (tertiary/aromatic N) is 2. The second kappa shape index (κ2) is 7.66. The van der Waals surface area contributed by atoms with Gasteiger partial charge in [-0.2, -0.15) is 5.06 Å². The van der Waals surface area contributed by atoms with Crippen LogP contribution in [0.25, 0.3) is 0 Å². The predicted molar refractivity (Wildman–Crippen MR) is 115 cm³/mol. The van der Waals surface area contributed by atoms with Gasteiger partial charge in [0.05, 0.1) is 5.92 Å². The zero-order valence-electron chi connectivity index (χ0n) is 17.4. The molecule has 1 saturated carbocycles. The molecule has 0 unspecified atom stereocenters. The number of hydrogen-bond acceptors (Lipinski definition) is 5. The van der Waals surface area contributed by atoms with Crippen molar-refractivity contribution in [3.8, 4) is 5.75 Å². The van der Waals surface area contributed by atoms with Crippen molar-refractivity contribution in [3.05, 3.63) is 59.7 Å². The molecule has 2 amide bonds. The van der Waals surface area contributed by atoms with Crippen LogP contribution in [-0.2, 0) is 22.6 Å². The number of anilines is 1. The molecule has 2 atom stereocenters. The number of carbonyl (C=O) groups is 2. The number of rotatable bonds is 5. The fourth-order valence-corrected chi connectivity index (χ4v) is 4.98. The van der Waals surface area contributed by atoms with Crippen LogP contribution >= 0.6 is 0 Å². The molecule has 2 aliphatic heterocycles. The number of nitrogens with two attached hydrogens (primary N) is 1. The van der Waals surface area contributed by atoms with Crippen LogP contribution < -0.4 is 15.4 Å². The molecule has 31 heavy (non-hydrogen) atoms. The average molecular weight is 421 g/mol. The minimum Gasteiger partial charge on any atom is -0.489 e. The molecule has 3 N–H and O–H groups in total. The fourth-order valence-electron chi connectivity index (χ4n) is 4.98. The molecule has 1 spiro atoms. The quantitative estimate of drug-likeness (QED) is 0.773. The molecule has 2 heterocycles. The predicted octanol–water partition coefficient (Wildman–Crippen LogP) is 2.50. The van der Waals surface area contributed by atoms with Crippen molar-refractivity contribution in [2.75, 3.05) is 18.0 Å². The third kappa shape index (κ3) is 3.79. The summed E-state index contributed by atoms with van der Waals surface area (Å²) in [5.41, 5.74) is 8.50. The summed E-state index contributed by atoms with van der Waals surface area (Å²) in [6.45, 7) is 1.41. The van der Waals surface area contributed by atoms with E-state index in [0.29, 0.717) is 32.5 Å². The van der Waals surface area contributed by atoms with Gasteiger partial charge < -0.3 is 20.6 Å². The first kappa shape index (κ1) is 20.0. The third-order valence-corrected chi connectivity index (χ3v) is 6.89. The van der Waals surface area contributed by atoms with Crippen molar-refractivity contribution in [1.82, 2.24) is 5.06 Å². The van der Waals surface area contributed by atoms with Crippen molar-refractivity contribution in [2.45, 2.75) is 38.3 Å². The van der Waals surface area contributed by atoms with Crippen LogP contribution in [0.4, 0.5) is 5.69 Å². The zero-order valence-corrected chi connectivity index (χ0v) is 17.4. The van der Waals surface area contributed by atoms with E-state index in [-0.39, 0.29) is 11.3 Å². The summed E-state index contributed by atoms with van der Waals surface area (Å²) >= 11 is 0. The smallest absolute Gasteiger partial charge is 0.247 e. The lowest BCUT2D eigenvalue weighted by molar-refractivity contribution is -0.186. The lowest BCUT2D eigenvalue weighted by Gasteiger charge is -2.41. The Hall–Kier alpha value is -2.90. The van der Waals surface area contributed by atoms with Gasteiger partial charge >= 0.3 is 0 Å². The summed E-state index contributed by atoms with van der Waals surface area (Å²) in [6, 6.07) is 14.7. The Morgan fingerprint density at radius 3 is 2.65 bits per heavy atom. The number of ether oxygens (including phenoxy) is 1. The maximum absolute atomic E-state index is 13.4. The fraction of sp³-hybridized carbons (Fsp3) is 0.417. The van der Waals surface area contributed by atoms with Crippen molar-refractivity contribution < 1.29 is 19.5 Å². The molecule has 7 nitrogen and oxygen atoms in total. The minimum absolute atomic E-state index is 0.0564. The van der Waals surface area contributed by atoms with Gasteiger partial charge in [-0.1, -0.05) is 30.3 Å². The monoisotopic (exact) mass is 421 g/mol. The molecule has 5 rings (SSSR count). The SMILES string of the molecule is NC(=O)[C@H]1CC2(CC2)CN(O)[C@@H]1C(=O)N1CCc2cc(OCc3ccccc3)ccc21. The summed E-state index contributed by atoms with van der Waals surface area (Å²) < 4.78 is 5.91. The maximum Gasteiger partial charge on any atom is 0.247 e. The number of hydrogen-bond donors (Lipinski definition) is 2. The molecule has 2 aromatic carbocycles. The van der Waals surface area contributed by atoms with Gasteiger partial charge in [-0.05, 0) is 60.4 Å². The van der Waals surface area contributed by atoms with Crippen LogP contribution in [0.2, 0.25) is 0 Å².